The van der Waals surface area contributed by atoms with Crippen LogP contribution in [0.5, 0.6) is 0 Å². The number of nitrogens with zero attached hydrogens (tertiary/aromatic N) is 2. The molecule has 2 N–H and O–H groups in total. The number of nitrogens with two attached hydrogens (primary N) is 1. The predicted octanol–water partition coefficient (Wildman–Crippen LogP) is 5.96. The van der Waals surface area contributed by atoms with Gasteiger partial charge in [-0.1, -0.05) is 46.3 Å². The Bertz CT molecular complexity index is 1050. The molecule has 0 fully saturated rings. The standard InChI is InChI=1S/C20H13BrF3N3/c1-11-17(14-4-2-3-5-16(14)20(22,23)24)15(10-25)19(26)27-18(11)12-6-8-13(21)9-7-12/h2-9H,1H3,(H2,26,27). The van der Waals surface area contributed by atoms with Crippen LogP contribution >= 0.6 is 15.9 Å². The number of halogens is 4. The minimum Gasteiger partial charge on any atom is -0.383 e. The van der Waals surface area contributed by atoms with Crippen molar-refractivity contribution in [2.24, 2.45) is 0 Å². The SMILES string of the molecule is Cc1c(-c2ccc(Br)cc2)nc(N)c(C#N)c1-c1ccccc1C(F)(F)F. The van der Waals surface area contributed by atoms with Crippen molar-refractivity contribution in [3.63, 3.8) is 0 Å². The molecule has 0 aliphatic carbocycles. The van der Waals surface area contributed by atoms with Crippen molar-refractivity contribution >= 4 is 21.7 Å². The van der Waals surface area contributed by atoms with Gasteiger partial charge in [0, 0.05) is 15.6 Å². The van der Waals surface area contributed by atoms with Gasteiger partial charge >= 0.3 is 6.18 Å². The second-order valence-electron chi connectivity index (χ2n) is 5.88. The van der Waals surface area contributed by atoms with Gasteiger partial charge in [0.25, 0.3) is 0 Å². The molecule has 1 heterocycles. The number of anilines is 1. The molecule has 0 aliphatic heterocycles. The van der Waals surface area contributed by atoms with Gasteiger partial charge < -0.3 is 5.73 Å². The second-order valence-corrected chi connectivity index (χ2v) is 6.80. The van der Waals surface area contributed by atoms with Crippen LogP contribution in [0.15, 0.2) is 53.0 Å². The molecule has 3 rings (SSSR count). The highest BCUT2D eigenvalue weighted by Gasteiger charge is 2.35. The number of aromatic nitrogens is 1. The molecule has 0 radical (unpaired) electrons. The van der Waals surface area contributed by atoms with Crippen LogP contribution in [0, 0.1) is 18.3 Å². The highest BCUT2D eigenvalue weighted by atomic mass is 79.9. The Morgan fingerprint density at radius 2 is 1.70 bits per heavy atom. The molecule has 2 aromatic carbocycles. The van der Waals surface area contributed by atoms with Crippen LogP contribution in [0.4, 0.5) is 19.0 Å². The van der Waals surface area contributed by atoms with Gasteiger partial charge in [0.1, 0.15) is 17.5 Å². The van der Waals surface area contributed by atoms with Crippen LogP contribution in [0.2, 0.25) is 0 Å². The topological polar surface area (TPSA) is 62.7 Å². The van der Waals surface area contributed by atoms with E-state index in [0.717, 1.165) is 10.5 Å². The Morgan fingerprint density at radius 1 is 1.07 bits per heavy atom. The van der Waals surface area contributed by atoms with Crippen LogP contribution in [-0.2, 0) is 6.18 Å². The van der Waals surface area contributed by atoms with E-state index < -0.39 is 11.7 Å². The third-order valence-electron chi connectivity index (χ3n) is 4.20. The zero-order chi connectivity index (χ0) is 19.8. The quantitative estimate of drug-likeness (QED) is 0.544. The molecule has 3 nitrogen and oxygen atoms in total. The lowest BCUT2D eigenvalue weighted by Gasteiger charge is -2.18. The van der Waals surface area contributed by atoms with Crippen LogP contribution in [-0.4, -0.2) is 4.98 Å². The van der Waals surface area contributed by atoms with Crippen molar-refractivity contribution in [2.75, 3.05) is 5.73 Å². The smallest absolute Gasteiger partial charge is 0.383 e. The van der Waals surface area contributed by atoms with Gasteiger partial charge in [-0.25, -0.2) is 4.98 Å². The van der Waals surface area contributed by atoms with Crippen molar-refractivity contribution in [3.8, 4) is 28.5 Å². The molecule has 7 heteroatoms. The third-order valence-corrected chi connectivity index (χ3v) is 4.73. The summed E-state index contributed by atoms with van der Waals surface area (Å²) in [5, 5.41) is 9.52. The summed E-state index contributed by atoms with van der Waals surface area (Å²) >= 11 is 3.34. The van der Waals surface area contributed by atoms with Gasteiger partial charge in [0.05, 0.1) is 11.3 Å². The predicted molar refractivity (Wildman–Crippen MR) is 102 cm³/mol. The first-order chi connectivity index (χ1) is 12.7. The first kappa shape index (κ1) is 18.9. The summed E-state index contributed by atoms with van der Waals surface area (Å²) in [6, 6.07) is 14.2. The fraction of sp³-hybridized carbons (Fsp3) is 0.100. The molecular weight excluding hydrogens is 419 g/mol. The van der Waals surface area contributed by atoms with Crippen molar-refractivity contribution in [1.29, 1.82) is 5.26 Å². The molecule has 0 aliphatic rings. The lowest BCUT2D eigenvalue weighted by Crippen LogP contribution is -2.10. The van der Waals surface area contributed by atoms with Crippen molar-refractivity contribution in [3.05, 3.63) is 69.7 Å². The Kier molecular flexibility index (Phi) is 4.94. The van der Waals surface area contributed by atoms with Crippen LogP contribution in [0.1, 0.15) is 16.7 Å². The van der Waals surface area contributed by atoms with E-state index >= 15 is 0 Å². The van der Waals surface area contributed by atoms with Gasteiger partial charge in [-0.3, -0.25) is 0 Å². The number of nitrogen functional groups attached to an aromatic ring is 1. The minimum atomic E-state index is -4.56. The highest BCUT2D eigenvalue weighted by Crippen LogP contribution is 2.42. The molecule has 0 amide bonds. The van der Waals surface area contributed by atoms with Crippen LogP contribution in [0.25, 0.3) is 22.4 Å². The monoisotopic (exact) mass is 431 g/mol. The molecule has 3 aromatic rings. The number of hydrogen-bond donors (Lipinski definition) is 1. The first-order valence-corrected chi connectivity index (χ1v) is 8.66. The lowest BCUT2D eigenvalue weighted by atomic mass is 9.90. The molecule has 136 valence electrons. The van der Waals surface area contributed by atoms with E-state index in [1.165, 1.54) is 18.2 Å². The lowest BCUT2D eigenvalue weighted by molar-refractivity contribution is -0.137. The van der Waals surface area contributed by atoms with Crippen molar-refractivity contribution in [2.45, 2.75) is 13.1 Å². The molecule has 1 aromatic heterocycles. The average molecular weight is 432 g/mol. The molecule has 27 heavy (non-hydrogen) atoms. The largest absolute Gasteiger partial charge is 0.417 e. The summed E-state index contributed by atoms with van der Waals surface area (Å²) in [5.41, 5.74) is 6.70. The van der Waals surface area contributed by atoms with Crippen molar-refractivity contribution < 1.29 is 13.2 Å². The maximum Gasteiger partial charge on any atom is 0.417 e. The molecular formula is C20H13BrF3N3. The number of benzene rings is 2. The van der Waals surface area contributed by atoms with E-state index in [2.05, 4.69) is 20.9 Å². The summed E-state index contributed by atoms with van der Waals surface area (Å²) in [6.07, 6.45) is -4.56. The maximum atomic E-state index is 13.5. The fourth-order valence-electron chi connectivity index (χ4n) is 2.98. The Balaban J connectivity index is 2.38. The van der Waals surface area contributed by atoms with E-state index in [-0.39, 0.29) is 22.5 Å². The normalized spacial score (nSPS) is 11.3. The fourth-order valence-corrected chi connectivity index (χ4v) is 3.25. The summed E-state index contributed by atoms with van der Waals surface area (Å²) in [7, 11) is 0. The number of hydrogen-bond acceptors (Lipinski definition) is 3. The summed E-state index contributed by atoms with van der Waals surface area (Å²) in [6.45, 7) is 1.65. The van der Waals surface area contributed by atoms with Gasteiger partial charge in [0.15, 0.2) is 0 Å². The first-order valence-electron chi connectivity index (χ1n) is 7.86. The van der Waals surface area contributed by atoms with E-state index in [4.69, 9.17) is 5.73 Å². The Hall–Kier alpha value is -2.85. The van der Waals surface area contributed by atoms with Crippen LogP contribution in [0.3, 0.4) is 0 Å². The number of rotatable bonds is 2. The minimum absolute atomic E-state index is 0.0648. The zero-order valence-corrected chi connectivity index (χ0v) is 15.7. The van der Waals surface area contributed by atoms with E-state index in [9.17, 15) is 18.4 Å². The Morgan fingerprint density at radius 3 is 2.30 bits per heavy atom. The zero-order valence-electron chi connectivity index (χ0n) is 14.1. The van der Waals surface area contributed by atoms with E-state index in [1.807, 2.05) is 6.07 Å². The molecule has 0 bridgehead atoms. The molecule has 0 saturated heterocycles. The summed E-state index contributed by atoms with van der Waals surface area (Å²) in [5.74, 6) is -0.104. The van der Waals surface area contributed by atoms with Gasteiger partial charge in [-0.15, -0.1) is 0 Å². The summed E-state index contributed by atoms with van der Waals surface area (Å²) in [4.78, 5) is 4.28. The molecule has 0 saturated carbocycles. The van der Waals surface area contributed by atoms with Gasteiger partial charge in [-0.2, -0.15) is 18.4 Å². The highest BCUT2D eigenvalue weighted by molar-refractivity contribution is 9.10. The summed E-state index contributed by atoms with van der Waals surface area (Å²) < 4.78 is 41.5. The maximum absolute atomic E-state index is 13.5. The van der Waals surface area contributed by atoms with Crippen LogP contribution < -0.4 is 5.73 Å². The van der Waals surface area contributed by atoms with E-state index in [1.54, 1.807) is 31.2 Å². The van der Waals surface area contributed by atoms with Gasteiger partial charge in [-0.05, 0) is 36.2 Å². The van der Waals surface area contributed by atoms with E-state index in [0.29, 0.717) is 16.8 Å². The number of pyridine rings is 1. The Labute approximate surface area is 162 Å². The van der Waals surface area contributed by atoms with Gasteiger partial charge in [0.2, 0.25) is 0 Å². The number of nitriles is 1. The van der Waals surface area contributed by atoms with Crippen molar-refractivity contribution in [1.82, 2.24) is 4.98 Å². The molecule has 0 atom stereocenters. The molecule has 0 spiro atoms. The third kappa shape index (κ3) is 3.53. The average Bonchev–Trinajstić information content (AvgIpc) is 2.63. The second kappa shape index (κ2) is 7.05. The molecule has 0 unspecified atom stereocenters. The number of alkyl halides is 3.